The van der Waals surface area contributed by atoms with E-state index in [-0.39, 0.29) is 12.5 Å². The first-order chi connectivity index (χ1) is 7.81. The highest BCUT2D eigenvalue weighted by molar-refractivity contribution is 5.81. The summed E-state index contributed by atoms with van der Waals surface area (Å²) in [6.45, 7) is 2.95. The fraction of sp³-hybridized carbons (Fsp3) is 0.417. The largest absolute Gasteiger partial charge is 0.485 e. The molecule has 1 N–H and O–H groups in total. The third kappa shape index (κ3) is 2.27. The number of amides is 1. The highest BCUT2D eigenvalue weighted by Crippen LogP contribution is 2.30. The lowest BCUT2D eigenvalue weighted by Gasteiger charge is -2.25. The van der Waals surface area contributed by atoms with Gasteiger partial charge in [-0.25, -0.2) is 0 Å². The Balaban J connectivity index is 1.99. The van der Waals surface area contributed by atoms with Gasteiger partial charge in [-0.3, -0.25) is 4.79 Å². The molecule has 16 heavy (non-hydrogen) atoms. The zero-order valence-electron chi connectivity index (χ0n) is 9.23. The van der Waals surface area contributed by atoms with Gasteiger partial charge in [-0.15, -0.1) is 0 Å². The van der Waals surface area contributed by atoms with Crippen molar-refractivity contribution in [3.63, 3.8) is 0 Å². The van der Waals surface area contributed by atoms with Crippen LogP contribution in [0.2, 0.25) is 0 Å². The van der Waals surface area contributed by atoms with E-state index in [2.05, 4.69) is 5.32 Å². The van der Waals surface area contributed by atoms with Crippen molar-refractivity contribution in [1.82, 2.24) is 5.32 Å². The lowest BCUT2D eigenvalue weighted by atomic mass is 10.2. The Labute approximate surface area is 94.6 Å². The zero-order valence-corrected chi connectivity index (χ0v) is 9.23. The zero-order chi connectivity index (χ0) is 11.4. The van der Waals surface area contributed by atoms with E-state index >= 15 is 0 Å². The van der Waals surface area contributed by atoms with Crippen molar-refractivity contribution in [1.29, 1.82) is 0 Å². The predicted molar refractivity (Wildman–Crippen MR) is 59.7 cm³/mol. The number of rotatable bonds is 3. The van der Waals surface area contributed by atoms with Crippen LogP contribution in [0.4, 0.5) is 0 Å². The fourth-order valence-electron chi connectivity index (χ4n) is 1.51. The predicted octanol–water partition coefficient (Wildman–Crippen LogP) is 1.35. The summed E-state index contributed by atoms with van der Waals surface area (Å²) in [5.74, 6) is 1.21. The Morgan fingerprint density at radius 2 is 2.19 bits per heavy atom. The Hall–Kier alpha value is -1.71. The highest BCUT2D eigenvalue weighted by Gasteiger charge is 2.26. The van der Waals surface area contributed by atoms with Gasteiger partial charge in [-0.05, 0) is 18.6 Å². The number of benzene rings is 1. The molecule has 0 aliphatic carbocycles. The SMILES string of the molecule is CCCNC(=O)C1COc2ccccc2O1. The van der Waals surface area contributed by atoms with Crippen LogP contribution in [0.25, 0.3) is 0 Å². The van der Waals surface area contributed by atoms with E-state index in [1.807, 2.05) is 25.1 Å². The van der Waals surface area contributed by atoms with Gasteiger partial charge in [0.05, 0.1) is 0 Å². The van der Waals surface area contributed by atoms with Gasteiger partial charge in [-0.2, -0.15) is 0 Å². The molecular formula is C12H15NO3. The molecule has 1 amide bonds. The summed E-state index contributed by atoms with van der Waals surface area (Å²) in [5.41, 5.74) is 0. The van der Waals surface area contributed by atoms with E-state index in [4.69, 9.17) is 9.47 Å². The standard InChI is InChI=1S/C12H15NO3/c1-2-7-13-12(14)11-8-15-9-5-3-4-6-10(9)16-11/h3-6,11H,2,7-8H2,1H3,(H,13,14). The molecule has 2 rings (SSSR count). The van der Waals surface area contributed by atoms with Gasteiger partial charge in [0.25, 0.3) is 5.91 Å². The number of nitrogens with one attached hydrogen (secondary N) is 1. The molecule has 1 heterocycles. The van der Waals surface area contributed by atoms with Crippen LogP contribution in [0.1, 0.15) is 13.3 Å². The van der Waals surface area contributed by atoms with Crippen LogP contribution in [0, 0.1) is 0 Å². The van der Waals surface area contributed by atoms with Crippen molar-refractivity contribution in [2.24, 2.45) is 0 Å². The number of hydrogen-bond acceptors (Lipinski definition) is 3. The van der Waals surface area contributed by atoms with Crippen molar-refractivity contribution in [2.45, 2.75) is 19.4 Å². The first-order valence-corrected chi connectivity index (χ1v) is 5.47. The summed E-state index contributed by atoms with van der Waals surface area (Å²) >= 11 is 0. The molecule has 0 aromatic heterocycles. The maximum absolute atomic E-state index is 11.7. The van der Waals surface area contributed by atoms with Crippen molar-refractivity contribution >= 4 is 5.91 Å². The van der Waals surface area contributed by atoms with Gasteiger partial charge < -0.3 is 14.8 Å². The maximum atomic E-state index is 11.7. The second-order valence-electron chi connectivity index (χ2n) is 3.66. The van der Waals surface area contributed by atoms with Crippen molar-refractivity contribution in [3.05, 3.63) is 24.3 Å². The molecule has 0 saturated carbocycles. The van der Waals surface area contributed by atoms with E-state index in [9.17, 15) is 4.79 Å². The quantitative estimate of drug-likeness (QED) is 0.838. The molecule has 86 valence electrons. The molecule has 4 nitrogen and oxygen atoms in total. The molecule has 4 heteroatoms. The Kier molecular flexibility index (Phi) is 3.29. The van der Waals surface area contributed by atoms with E-state index in [0.717, 1.165) is 6.42 Å². The summed E-state index contributed by atoms with van der Waals surface area (Å²) in [7, 11) is 0. The van der Waals surface area contributed by atoms with Crippen LogP contribution in [-0.4, -0.2) is 25.2 Å². The lowest BCUT2D eigenvalue weighted by molar-refractivity contribution is -0.130. The first kappa shape index (κ1) is 10.8. The minimum Gasteiger partial charge on any atom is -0.485 e. The summed E-state index contributed by atoms with van der Waals surface area (Å²) in [6, 6.07) is 7.36. The lowest BCUT2D eigenvalue weighted by Crippen LogP contribution is -2.44. The third-order valence-electron chi connectivity index (χ3n) is 2.35. The smallest absolute Gasteiger partial charge is 0.264 e. The van der Waals surface area contributed by atoms with E-state index in [0.29, 0.717) is 18.0 Å². The average molecular weight is 221 g/mol. The van der Waals surface area contributed by atoms with Crippen LogP contribution in [0.15, 0.2) is 24.3 Å². The molecular weight excluding hydrogens is 206 g/mol. The Morgan fingerprint density at radius 3 is 2.94 bits per heavy atom. The second-order valence-corrected chi connectivity index (χ2v) is 3.66. The molecule has 1 aliphatic rings. The van der Waals surface area contributed by atoms with Crippen LogP contribution in [0.3, 0.4) is 0 Å². The average Bonchev–Trinajstić information content (AvgIpc) is 2.35. The van der Waals surface area contributed by atoms with Gasteiger partial charge in [0, 0.05) is 6.54 Å². The summed E-state index contributed by atoms with van der Waals surface area (Å²) in [6.07, 6.45) is 0.372. The number of carbonyl (C=O) groups excluding carboxylic acids is 1. The normalized spacial score (nSPS) is 17.9. The second kappa shape index (κ2) is 4.88. The van der Waals surface area contributed by atoms with Crippen molar-refractivity contribution < 1.29 is 14.3 Å². The van der Waals surface area contributed by atoms with Crippen molar-refractivity contribution in [3.8, 4) is 11.5 Å². The number of carbonyl (C=O) groups is 1. The maximum Gasteiger partial charge on any atom is 0.264 e. The molecule has 1 aliphatic heterocycles. The molecule has 0 spiro atoms. The van der Waals surface area contributed by atoms with Gasteiger partial charge in [0.2, 0.25) is 6.10 Å². The van der Waals surface area contributed by atoms with Crippen molar-refractivity contribution in [2.75, 3.05) is 13.2 Å². The number of ether oxygens (including phenoxy) is 2. The molecule has 0 saturated heterocycles. The third-order valence-corrected chi connectivity index (χ3v) is 2.35. The monoisotopic (exact) mass is 221 g/mol. The fourth-order valence-corrected chi connectivity index (χ4v) is 1.51. The van der Waals surface area contributed by atoms with E-state index < -0.39 is 6.10 Å². The highest BCUT2D eigenvalue weighted by atomic mass is 16.6. The molecule has 0 fully saturated rings. The van der Waals surface area contributed by atoms with Gasteiger partial charge in [0.1, 0.15) is 6.61 Å². The molecule has 1 aromatic carbocycles. The minimum atomic E-state index is -0.540. The molecule has 1 atom stereocenters. The van der Waals surface area contributed by atoms with E-state index in [1.54, 1.807) is 6.07 Å². The molecule has 1 unspecified atom stereocenters. The summed E-state index contributed by atoms with van der Waals surface area (Å²) < 4.78 is 11.0. The number of hydrogen-bond donors (Lipinski definition) is 1. The van der Waals surface area contributed by atoms with E-state index in [1.165, 1.54) is 0 Å². The molecule has 0 bridgehead atoms. The van der Waals surface area contributed by atoms with Crippen LogP contribution < -0.4 is 14.8 Å². The Bertz CT molecular complexity index is 378. The number of para-hydroxylation sites is 2. The minimum absolute atomic E-state index is 0.114. The summed E-state index contributed by atoms with van der Waals surface area (Å²) in [4.78, 5) is 11.7. The van der Waals surface area contributed by atoms with Gasteiger partial charge >= 0.3 is 0 Å². The van der Waals surface area contributed by atoms with Crippen LogP contribution >= 0.6 is 0 Å². The van der Waals surface area contributed by atoms with Gasteiger partial charge in [-0.1, -0.05) is 19.1 Å². The molecule has 1 aromatic rings. The summed E-state index contributed by atoms with van der Waals surface area (Å²) in [5, 5.41) is 2.79. The topological polar surface area (TPSA) is 47.6 Å². The Morgan fingerprint density at radius 1 is 1.44 bits per heavy atom. The number of fused-ring (bicyclic) bond motifs is 1. The van der Waals surface area contributed by atoms with Crippen LogP contribution in [-0.2, 0) is 4.79 Å². The first-order valence-electron chi connectivity index (χ1n) is 5.47. The van der Waals surface area contributed by atoms with Gasteiger partial charge in [0.15, 0.2) is 11.5 Å². The molecule has 0 radical (unpaired) electrons. The van der Waals surface area contributed by atoms with Crippen LogP contribution in [0.5, 0.6) is 11.5 Å².